The Morgan fingerprint density at radius 3 is 2.40 bits per heavy atom. The third-order valence-electron chi connectivity index (χ3n) is 1.03. The van der Waals surface area contributed by atoms with Gasteiger partial charge >= 0.3 is 0 Å². The molecule has 2 heteroatoms. The van der Waals surface area contributed by atoms with Gasteiger partial charge in [0.05, 0.1) is 12.3 Å². The van der Waals surface area contributed by atoms with Gasteiger partial charge in [0.15, 0.2) is 0 Å². The van der Waals surface area contributed by atoms with Crippen molar-refractivity contribution in [3.05, 3.63) is 11.6 Å². The lowest BCUT2D eigenvalue weighted by atomic mass is 10.2. The number of hydrogen-bond donors (Lipinski definition) is 0. The summed E-state index contributed by atoms with van der Waals surface area (Å²) in [6, 6.07) is 0. The quantitative estimate of drug-likeness (QED) is 0.548. The van der Waals surface area contributed by atoms with Gasteiger partial charge in [-0.1, -0.05) is 5.57 Å². The van der Waals surface area contributed by atoms with E-state index in [0.29, 0.717) is 6.61 Å². The van der Waals surface area contributed by atoms with E-state index in [1.165, 1.54) is 5.57 Å². The standard InChI is InChI=1S/C8H15NO/c1-7(2)5-8(9-3)6-10-4/h5H,6H2,1-4H3/b9-8+. The summed E-state index contributed by atoms with van der Waals surface area (Å²) in [7, 11) is 3.44. The smallest absolute Gasteiger partial charge is 0.0879 e. The highest BCUT2D eigenvalue weighted by molar-refractivity contribution is 5.96. The van der Waals surface area contributed by atoms with Crippen molar-refractivity contribution in [3.8, 4) is 0 Å². The van der Waals surface area contributed by atoms with Gasteiger partial charge in [-0.3, -0.25) is 4.99 Å². The highest BCUT2D eigenvalue weighted by Gasteiger charge is 1.90. The van der Waals surface area contributed by atoms with Gasteiger partial charge in [-0.05, 0) is 19.9 Å². The summed E-state index contributed by atoms with van der Waals surface area (Å²) in [5.41, 5.74) is 2.24. The van der Waals surface area contributed by atoms with Crippen LogP contribution in [0.3, 0.4) is 0 Å². The number of rotatable bonds is 3. The zero-order chi connectivity index (χ0) is 7.98. The maximum absolute atomic E-state index is 4.92. The SMILES string of the molecule is C/N=C(\C=C(C)C)COC. The number of ether oxygens (including phenoxy) is 1. The Bertz CT molecular complexity index is 143. The molecule has 0 atom stereocenters. The van der Waals surface area contributed by atoms with Crippen LogP contribution in [0.25, 0.3) is 0 Å². The van der Waals surface area contributed by atoms with Crippen molar-refractivity contribution in [2.45, 2.75) is 13.8 Å². The van der Waals surface area contributed by atoms with Gasteiger partial charge in [-0.15, -0.1) is 0 Å². The van der Waals surface area contributed by atoms with Crippen molar-refractivity contribution in [2.24, 2.45) is 4.99 Å². The zero-order valence-corrected chi connectivity index (χ0v) is 7.14. The molecule has 0 aliphatic rings. The minimum absolute atomic E-state index is 0.599. The van der Waals surface area contributed by atoms with Crippen molar-refractivity contribution >= 4 is 5.71 Å². The Morgan fingerprint density at radius 1 is 1.50 bits per heavy atom. The Morgan fingerprint density at radius 2 is 2.10 bits per heavy atom. The molecule has 0 rings (SSSR count). The summed E-state index contributed by atoms with van der Waals surface area (Å²) in [5, 5.41) is 0. The molecule has 0 bridgehead atoms. The summed E-state index contributed by atoms with van der Waals surface area (Å²) in [4.78, 5) is 4.03. The van der Waals surface area contributed by atoms with Crippen LogP contribution in [0.5, 0.6) is 0 Å². The molecule has 0 heterocycles. The number of hydrogen-bond acceptors (Lipinski definition) is 2. The largest absolute Gasteiger partial charge is 0.378 e. The van der Waals surface area contributed by atoms with Crippen LogP contribution in [0.2, 0.25) is 0 Å². The molecular formula is C8H15NO. The zero-order valence-electron chi connectivity index (χ0n) is 7.14. The van der Waals surface area contributed by atoms with Crippen molar-refractivity contribution in [2.75, 3.05) is 20.8 Å². The second-order valence-corrected chi connectivity index (χ2v) is 2.37. The van der Waals surface area contributed by atoms with Gasteiger partial charge < -0.3 is 4.74 Å². The highest BCUT2D eigenvalue weighted by atomic mass is 16.5. The van der Waals surface area contributed by atoms with E-state index in [4.69, 9.17) is 4.74 Å². The molecule has 0 aromatic heterocycles. The predicted molar refractivity (Wildman–Crippen MR) is 44.7 cm³/mol. The fourth-order valence-electron chi connectivity index (χ4n) is 0.652. The summed E-state index contributed by atoms with van der Waals surface area (Å²) in [6.07, 6.45) is 2.02. The summed E-state index contributed by atoms with van der Waals surface area (Å²) < 4.78 is 4.92. The van der Waals surface area contributed by atoms with Crippen LogP contribution in [-0.2, 0) is 4.74 Å². The van der Waals surface area contributed by atoms with E-state index in [0.717, 1.165) is 5.71 Å². The van der Waals surface area contributed by atoms with Crippen LogP contribution < -0.4 is 0 Å². The summed E-state index contributed by atoms with van der Waals surface area (Å²) in [5.74, 6) is 0. The average Bonchev–Trinajstić information content (AvgIpc) is 1.86. The van der Waals surface area contributed by atoms with Crippen molar-refractivity contribution < 1.29 is 4.74 Å². The topological polar surface area (TPSA) is 21.6 Å². The first kappa shape index (κ1) is 9.37. The van der Waals surface area contributed by atoms with Crippen LogP contribution >= 0.6 is 0 Å². The van der Waals surface area contributed by atoms with Crippen LogP contribution in [-0.4, -0.2) is 26.5 Å². The first-order valence-corrected chi connectivity index (χ1v) is 3.30. The number of allylic oxidation sites excluding steroid dienone is 1. The Balaban J connectivity index is 3.98. The van der Waals surface area contributed by atoms with Crippen LogP contribution in [0.15, 0.2) is 16.6 Å². The Labute approximate surface area is 62.6 Å². The highest BCUT2D eigenvalue weighted by Crippen LogP contribution is 1.91. The van der Waals surface area contributed by atoms with Gasteiger partial charge in [-0.25, -0.2) is 0 Å². The van der Waals surface area contributed by atoms with Gasteiger partial charge in [0.2, 0.25) is 0 Å². The minimum Gasteiger partial charge on any atom is -0.378 e. The summed E-state index contributed by atoms with van der Waals surface area (Å²) >= 11 is 0. The molecular weight excluding hydrogens is 126 g/mol. The van der Waals surface area contributed by atoms with E-state index in [9.17, 15) is 0 Å². The number of aliphatic imine (C=N–C) groups is 1. The van der Waals surface area contributed by atoms with E-state index >= 15 is 0 Å². The lowest BCUT2D eigenvalue weighted by Gasteiger charge is -1.97. The molecule has 0 aromatic rings. The molecule has 0 saturated carbocycles. The molecule has 0 aliphatic carbocycles. The van der Waals surface area contributed by atoms with Crippen LogP contribution in [0.4, 0.5) is 0 Å². The third kappa shape index (κ3) is 4.27. The second kappa shape index (κ2) is 5.18. The molecule has 0 spiro atoms. The second-order valence-electron chi connectivity index (χ2n) is 2.37. The van der Waals surface area contributed by atoms with E-state index in [1.807, 2.05) is 19.9 Å². The maximum atomic E-state index is 4.92. The lowest BCUT2D eigenvalue weighted by Crippen LogP contribution is -2.03. The van der Waals surface area contributed by atoms with Crippen molar-refractivity contribution in [1.29, 1.82) is 0 Å². The van der Waals surface area contributed by atoms with E-state index in [1.54, 1.807) is 14.2 Å². The molecule has 0 aliphatic heterocycles. The molecule has 0 radical (unpaired) electrons. The normalized spacial score (nSPS) is 11.4. The first-order chi connectivity index (χ1) is 4.70. The number of nitrogens with zero attached hydrogens (tertiary/aromatic N) is 1. The fraction of sp³-hybridized carbons (Fsp3) is 0.625. The molecule has 2 nitrogen and oxygen atoms in total. The molecule has 0 saturated heterocycles. The minimum atomic E-state index is 0.599. The number of methoxy groups -OCH3 is 1. The van der Waals surface area contributed by atoms with E-state index < -0.39 is 0 Å². The van der Waals surface area contributed by atoms with Crippen LogP contribution in [0, 0.1) is 0 Å². The Hall–Kier alpha value is -0.630. The van der Waals surface area contributed by atoms with Gasteiger partial charge in [0, 0.05) is 14.2 Å². The molecule has 10 heavy (non-hydrogen) atoms. The molecule has 58 valence electrons. The fourth-order valence-corrected chi connectivity index (χ4v) is 0.652. The predicted octanol–water partition coefficient (Wildman–Crippen LogP) is 1.67. The van der Waals surface area contributed by atoms with E-state index in [2.05, 4.69) is 4.99 Å². The Kier molecular flexibility index (Phi) is 4.85. The monoisotopic (exact) mass is 141 g/mol. The molecule has 0 aromatic carbocycles. The van der Waals surface area contributed by atoms with E-state index in [-0.39, 0.29) is 0 Å². The van der Waals surface area contributed by atoms with Gasteiger partial charge in [0.1, 0.15) is 0 Å². The van der Waals surface area contributed by atoms with Gasteiger partial charge in [0.25, 0.3) is 0 Å². The van der Waals surface area contributed by atoms with Crippen LogP contribution in [0.1, 0.15) is 13.8 Å². The first-order valence-electron chi connectivity index (χ1n) is 3.30. The molecule has 0 fully saturated rings. The maximum Gasteiger partial charge on any atom is 0.0879 e. The molecule has 0 N–H and O–H groups in total. The molecule has 0 unspecified atom stereocenters. The average molecular weight is 141 g/mol. The van der Waals surface area contributed by atoms with Gasteiger partial charge in [-0.2, -0.15) is 0 Å². The lowest BCUT2D eigenvalue weighted by molar-refractivity contribution is 0.246. The van der Waals surface area contributed by atoms with Crippen molar-refractivity contribution in [3.63, 3.8) is 0 Å². The summed E-state index contributed by atoms with van der Waals surface area (Å²) in [6.45, 7) is 4.68. The third-order valence-corrected chi connectivity index (χ3v) is 1.03. The van der Waals surface area contributed by atoms with Crippen molar-refractivity contribution in [1.82, 2.24) is 0 Å². The molecule has 0 amide bonds.